The topological polar surface area (TPSA) is 325 Å². The second-order valence-electron chi connectivity index (χ2n) is 7.50. The number of guanidine groups is 1. The van der Waals surface area contributed by atoms with Crippen LogP contribution >= 0.6 is 11.9 Å². The number of aliphatic hydroxyl groups excluding tert-OH is 1. The number of aliphatic carboxylic acids is 2. The zero-order valence-electron chi connectivity index (χ0n) is 19.7. The van der Waals surface area contributed by atoms with Crippen molar-refractivity contribution in [1.82, 2.24) is 26.6 Å². The Balaban J connectivity index is 5.18. The second kappa shape index (κ2) is 17.7. The summed E-state index contributed by atoms with van der Waals surface area (Å²) in [6, 6.07) is -5.61. The van der Waals surface area contributed by atoms with E-state index in [2.05, 4.69) is 21.3 Å². The molecule has 37 heavy (non-hydrogen) atoms. The van der Waals surface area contributed by atoms with E-state index in [9.17, 15) is 28.8 Å². The van der Waals surface area contributed by atoms with Crippen LogP contribution in [0.3, 0.4) is 0 Å². The summed E-state index contributed by atoms with van der Waals surface area (Å²) in [5.74, 6) is -6.96. The van der Waals surface area contributed by atoms with Crippen molar-refractivity contribution in [3.8, 4) is 0 Å². The number of carboxylic acid groups (broad SMARTS) is 2. The van der Waals surface area contributed by atoms with Gasteiger partial charge in [0.2, 0.25) is 23.6 Å². The summed E-state index contributed by atoms with van der Waals surface area (Å²) in [7, 11) is 0. The van der Waals surface area contributed by atoms with E-state index >= 15 is 0 Å². The highest BCUT2D eigenvalue weighted by molar-refractivity contribution is 7.97. The zero-order valence-corrected chi connectivity index (χ0v) is 20.5. The monoisotopic (exact) mass is 551 g/mol. The largest absolute Gasteiger partial charge is 0.481 e. The molecule has 4 unspecified atom stereocenters. The van der Waals surface area contributed by atoms with Crippen LogP contribution in [-0.4, -0.2) is 106 Å². The van der Waals surface area contributed by atoms with Crippen molar-refractivity contribution in [1.29, 1.82) is 5.41 Å². The first-order valence-electron chi connectivity index (χ1n) is 10.7. The first-order valence-corrected chi connectivity index (χ1v) is 11.8. The van der Waals surface area contributed by atoms with Crippen molar-refractivity contribution in [2.45, 2.75) is 43.4 Å². The molecule has 0 saturated carbocycles. The predicted octanol–water partition coefficient (Wildman–Crippen LogP) is -5.69. The van der Waals surface area contributed by atoms with Gasteiger partial charge in [-0.05, 0) is 12.8 Å². The quantitative estimate of drug-likeness (QED) is 0.0327. The van der Waals surface area contributed by atoms with Crippen LogP contribution in [0.1, 0.15) is 19.3 Å². The van der Waals surface area contributed by atoms with Crippen molar-refractivity contribution in [2.75, 3.05) is 25.4 Å². The van der Waals surface area contributed by atoms with E-state index < -0.39 is 79.3 Å². The molecular weight excluding hydrogens is 518 g/mol. The van der Waals surface area contributed by atoms with Gasteiger partial charge in [-0.2, -0.15) is 0 Å². The van der Waals surface area contributed by atoms with Crippen LogP contribution < -0.4 is 43.2 Å². The van der Waals surface area contributed by atoms with Gasteiger partial charge in [-0.3, -0.25) is 34.5 Å². The number of hydrogen-bond acceptors (Lipinski definition) is 11. The number of nitrogens with one attached hydrogen (secondary N) is 6. The number of carboxylic acids is 2. The van der Waals surface area contributed by atoms with Crippen molar-refractivity contribution in [3.63, 3.8) is 0 Å². The van der Waals surface area contributed by atoms with E-state index in [1.165, 1.54) is 0 Å². The average molecular weight is 552 g/mol. The lowest BCUT2D eigenvalue weighted by Gasteiger charge is -2.21. The summed E-state index contributed by atoms with van der Waals surface area (Å²) in [5.41, 5.74) is 10.9. The van der Waals surface area contributed by atoms with Gasteiger partial charge in [0.05, 0.1) is 25.6 Å². The Morgan fingerprint density at radius 1 is 0.892 bits per heavy atom. The van der Waals surface area contributed by atoms with Crippen molar-refractivity contribution in [2.24, 2.45) is 16.6 Å². The lowest BCUT2D eigenvalue weighted by molar-refractivity contribution is -0.144. The van der Waals surface area contributed by atoms with Crippen molar-refractivity contribution in [3.05, 3.63) is 0 Å². The third-order valence-electron chi connectivity index (χ3n) is 4.48. The maximum atomic E-state index is 12.6. The van der Waals surface area contributed by atoms with Crippen LogP contribution in [0.15, 0.2) is 0 Å². The molecule has 4 atom stereocenters. The lowest BCUT2D eigenvalue weighted by atomic mass is 10.1. The first-order chi connectivity index (χ1) is 17.3. The molecule has 0 spiro atoms. The highest BCUT2D eigenvalue weighted by atomic mass is 32.2. The van der Waals surface area contributed by atoms with E-state index in [1.54, 1.807) is 0 Å². The Hall–Kier alpha value is -3.68. The Morgan fingerprint density at radius 2 is 1.51 bits per heavy atom. The number of rotatable bonds is 18. The molecule has 0 aromatic rings. The fourth-order valence-corrected chi connectivity index (χ4v) is 2.99. The highest BCUT2D eigenvalue weighted by Gasteiger charge is 2.29. The molecule has 0 heterocycles. The summed E-state index contributed by atoms with van der Waals surface area (Å²) in [4.78, 5) is 71.3. The average Bonchev–Trinajstić information content (AvgIpc) is 2.81. The smallest absolute Gasteiger partial charge is 0.328 e. The van der Waals surface area contributed by atoms with Gasteiger partial charge >= 0.3 is 11.9 Å². The van der Waals surface area contributed by atoms with Crippen LogP contribution in [0.4, 0.5) is 0 Å². The number of carbonyl (C=O) groups is 6. The minimum atomic E-state index is -1.73. The number of carbonyl (C=O) groups excluding carboxylic acids is 4. The fraction of sp³-hybridized carbons (Fsp3) is 0.611. The first kappa shape index (κ1) is 33.3. The molecule has 0 saturated heterocycles. The van der Waals surface area contributed by atoms with Gasteiger partial charge in [-0.25, -0.2) is 4.79 Å². The molecule has 0 fully saturated rings. The SMILES string of the molecule is N=C(N)NCCCC(NC(=O)C(N)CSN)C(=O)NCC(=O)NC(CC(=O)O)C(=O)NC(CO)C(=O)O. The van der Waals surface area contributed by atoms with Crippen LogP contribution in [0, 0.1) is 5.41 Å². The lowest BCUT2D eigenvalue weighted by Crippen LogP contribution is -2.56. The standard InChI is InChI=1S/C18H33N9O9S/c19-8(7-37-22)14(32)26-9(2-1-3-23-18(20)21)15(33)24-5-12(29)25-10(4-13(30)31)16(34)27-11(6-28)17(35)36/h8-11,28H,1-7,19,22H2,(H,24,33)(H,25,29)(H,26,32)(H,27,34)(H,30,31)(H,35,36)(H4,20,21,23). The minimum absolute atomic E-state index is 0.0593. The Kier molecular flexibility index (Phi) is 15.9. The predicted molar refractivity (Wildman–Crippen MR) is 130 cm³/mol. The van der Waals surface area contributed by atoms with E-state index in [-0.39, 0.29) is 31.1 Å². The Labute approximate surface area is 215 Å². The molecule has 0 rings (SSSR count). The number of aliphatic hydroxyl groups is 1. The molecule has 0 aliphatic carbocycles. The normalized spacial score (nSPS) is 13.7. The van der Waals surface area contributed by atoms with Crippen molar-refractivity contribution < 1.29 is 44.1 Å². The van der Waals surface area contributed by atoms with Gasteiger partial charge in [0.15, 0.2) is 5.96 Å². The van der Waals surface area contributed by atoms with Crippen LogP contribution in [0.2, 0.25) is 0 Å². The summed E-state index contributed by atoms with van der Waals surface area (Å²) in [6.07, 6.45) is -0.576. The third-order valence-corrected chi connectivity index (χ3v) is 5.03. The summed E-state index contributed by atoms with van der Waals surface area (Å²) < 4.78 is 0. The van der Waals surface area contributed by atoms with E-state index in [1.807, 2.05) is 5.32 Å². The highest BCUT2D eigenvalue weighted by Crippen LogP contribution is 2.00. The second-order valence-corrected chi connectivity index (χ2v) is 8.17. The van der Waals surface area contributed by atoms with Gasteiger partial charge in [-0.15, -0.1) is 0 Å². The maximum Gasteiger partial charge on any atom is 0.328 e. The minimum Gasteiger partial charge on any atom is -0.481 e. The zero-order chi connectivity index (χ0) is 28.5. The number of nitrogens with two attached hydrogens (primary N) is 3. The summed E-state index contributed by atoms with van der Waals surface area (Å²) in [6.45, 7) is -1.50. The molecule has 4 amide bonds. The number of hydrogen-bond donors (Lipinski definition) is 12. The van der Waals surface area contributed by atoms with E-state index in [0.29, 0.717) is 0 Å². The van der Waals surface area contributed by atoms with Gasteiger partial charge in [0.25, 0.3) is 0 Å². The van der Waals surface area contributed by atoms with Crippen LogP contribution in [0.5, 0.6) is 0 Å². The molecule has 0 radical (unpaired) electrons. The Bertz CT molecular complexity index is 845. The molecule has 0 aliphatic heterocycles. The maximum absolute atomic E-state index is 12.6. The van der Waals surface area contributed by atoms with Crippen LogP contribution in [0.25, 0.3) is 0 Å². The van der Waals surface area contributed by atoms with Crippen LogP contribution in [-0.2, 0) is 28.8 Å². The Morgan fingerprint density at radius 3 is 2.03 bits per heavy atom. The molecule has 18 nitrogen and oxygen atoms in total. The molecule has 0 aromatic heterocycles. The van der Waals surface area contributed by atoms with Crippen molar-refractivity contribution >= 4 is 53.5 Å². The third kappa shape index (κ3) is 14.5. The fourth-order valence-electron chi connectivity index (χ4n) is 2.63. The molecular formula is C18H33N9O9S. The van der Waals surface area contributed by atoms with E-state index in [4.69, 9.17) is 37.3 Å². The molecule has 15 N–H and O–H groups in total. The van der Waals surface area contributed by atoms with Gasteiger partial charge in [0, 0.05) is 12.3 Å². The van der Waals surface area contributed by atoms with Gasteiger partial charge in [0.1, 0.15) is 18.1 Å². The molecule has 210 valence electrons. The molecule has 0 aromatic carbocycles. The van der Waals surface area contributed by atoms with Gasteiger partial charge in [-0.1, -0.05) is 11.9 Å². The van der Waals surface area contributed by atoms with E-state index in [0.717, 1.165) is 11.9 Å². The molecule has 0 aliphatic rings. The summed E-state index contributed by atoms with van der Waals surface area (Å²) in [5, 5.41) is 50.5. The number of amides is 4. The van der Waals surface area contributed by atoms with Gasteiger partial charge < -0.3 is 53.4 Å². The molecule has 0 bridgehead atoms. The molecule has 19 heteroatoms. The summed E-state index contributed by atoms with van der Waals surface area (Å²) >= 11 is 0.823.